The van der Waals surface area contributed by atoms with Gasteiger partial charge < -0.3 is 20.1 Å². The van der Waals surface area contributed by atoms with Crippen molar-refractivity contribution in [3.8, 4) is 11.5 Å². The number of fused-ring (bicyclic) bond motifs is 1. The molecule has 2 N–H and O–H groups in total. The quantitative estimate of drug-likeness (QED) is 0.818. The Labute approximate surface area is 158 Å². The van der Waals surface area contributed by atoms with Crippen LogP contribution < -0.4 is 20.1 Å². The van der Waals surface area contributed by atoms with E-state index in [0.717, 1.165) is 23.2 Å². The van der Waals surface area contributed by atoms with Crippen molar-refractivity contribution in [2.24, 2.45) is 0 Å². The van der Waals surface area contributed by atoms with E-state index >= 15 is 0 Å². The number of rotatable bonds is 5. The third kappa shape index (κ3) is 4.68. The summed E-state index contributed by atoms with van der Waals surface area (Å²) in [7, 11) is 0. The van der Waals surface area contributed by atoms with Gasteiger partial charge in [-0.2, -0.15) is 0 Å². The van der Waals surface area contributed by atoms with Gasteiger partial charge in [0, 0.05) is 31.6 Å². The lowest BCUT2D eigenvalue weighted by Gasteiger charge is -2.17. The Balaban J connectivity index is 1.68. The number of halogens is 1. The van der Waals surface area contributed by atoms with Gasteiger partial charge in [-0.25, -0.2) is 0 Å². The molecule has 0 spiro atoms. The Hall–Kier alpha value is -2.24. The minimum Gasteiger partial charge on any atom is -0.489 e. The number of hydrogen-bond donors (Lipinski definition) is 2. The summed E-state index contributed by atoms with van der Waals surface area (Å²) in [4.78, 5) is 11.2. The molecular formula is C20H23ClN2O3. The van der Waals surface area contributed by atoms with Gasteiger partial charge in [0.2, 0.25) is 5.91 Å². The van der Waals surface area contributed by atoms with Crippen molar-refractivity contribution in [1.29, 1.82) is 0 Å². The summed E-state index contributed by atoms with van der Waals surface area (Å²) in [5.41, 5.74) is 2.92. The van der Waals surface area contributed by atoms with Crippen LogP contribution in [0, 0.1) is 0 Å². The first kappa shape index (κ1) is 18.5. The van der Waals surface area contributed by atoms with Crippen molar-refractivity contribution in [3.63, 3.8) is 0 Å². The molecule has 0 fully saturated rings. The number of hydrogen-bond acceptors (Lipinski definition) is 4. The summed E-state index contributed by atoms with van der Waals surface area (Å²) in [6.07, 6.45) is 0.847. The zero-order valence-corrected chi connectivity index (χ0v) is 15.7. The van der Waals surface area contributed by atoms with Crippen LogP contribution in [0.3, 0.4) is 0 Å². The maximum Gasteiger partial charge on any atom is 0.221 e. The molecule has 5 nitrogen and oxygen atoms in total. The van der Waals surface area contributed by atoms with E-state index in [1.54, 1.807) is 0 Å². The Morgan fingerprint density at radius 1 is 1.23 bits per heavy atom. The first-order valence-electron chi connectivity index (χ1n) is 8.72. The zero-order chi connectivity index (χ0) is 18.5. The fourth-order valence-electron chi connectivity index (χ4n) is 2.86. The van der Waals surface area contributed by atoms with Gasteiger partial charge in [-0.1, -0.05) is 23.7 Å². The van der Waals surface area contributed by atoms with Crippen LogP contribution in [0.25, 0.3) is 0 Å². The van der Waals surface area contributed by atoms with Crippen molar-refractivity contribution in [3.05, 3.63) is 52.5 Å². The van der Waals surface area contributed by atoms with Gasteiger partial charge >= 0.3 is 0 Å². The van der Waals surface area contributed by atoms with Crippen molar-refractivity contribution >= 4 is 23.2 Å². The van der Waals surface area contributed by atoms with E-state index in [1.165, 1.54) is 6.92 Å². The molecule has 1 amide bonds. The molecule has 0 aromatic heterocycles. The predicted octanol–water partition coefficient (Wildman–Crippen LogP) is 4.31. The molecule has 1 aliphatic rings. The highest BCUT2D eigenvalue weighted by atomic mass is 35.5. The van der Waals surface area contributed by atoms with Crippen LogP contribution in [0.4, 0.5) is 5.69 Å². The van der Waals surface area contributed by atoms with Gasteiger partial charge in [0.1, 0.15) is 0 Å². The summed E-state index contributed by atoms with van der Waals surface area (Å²) in [5.74, 6) is 1.25. The van der Waals surface area contributed by atoms with Crippen LogP contribution in [0.1, 0.15) is 37.4 Å². The molecule has 2 aromatic carbocycles. The van der Waals surface area contributed by atoms with Crippen molar-refractivity contribution in [1.82, 2.24) is 5.32 Å². The van der Waals surface area contributed by atoms with E-state index in [4.69, 9.17) is 21.1 Å². The third-order valence-electron chi connectivity index (χ3n) is 4.18. The highest BCUT2D eigenvalue weighted by molar-refractivity contribution is 6.32. The van der Waals surface area contributed by atoms with Crippen LogP contribution in [0.15, 0.2) is 36.4 Å². The molecule has 6 heteroatoms. The van der Waals surface area contributed by atoms with Gasteiger partial charge in [-0.3, -0.25) is 4.79 Å². The van der Waals surface area contributed by atoms with Crippen LogP contribution in [0.5, 0.6) is 11.5 Å². The molecule has 0 saturated heterocycles. The zero-order valence-electron chi connectivity index (χ0n) is 15.0. The van der Waals surface area contributed by atoms with Gasteiger partial charge in [-0.15, -0.1) is 0 Å². The standard InChI is InChI=1S/C20H23ClN2O3/c1-13(16-5-3-6-17(11-16)23-14(2)24)22-12-15-9-18(21)20-19(10-15)25-7-4-8-26-20/h3,5-6,9-11,13,22H,4,7-8,12H2,1-2H3,(H,23,24)/t13-/m0/s1. The minimum atomic E-state index is -0.0791. The van der Waals surface area contributed by atoms with Crippen molar-refractivity contribution in [2.75, 3.05) is 18.5 Å². The molecule has 0 bridgehead atoms. The molecule has 0 unspecified atom stereocenters. The first-order chi connectivity index (χ1) is 12.5. The van der Waals surface area contributed by atoms with E-state index in [-0.39, 0.29) is 11.9 Å². The molecule has 2 aromatic rings. The lowest BCUT2D eigenvalue weighted by molar-refractivity contribution is -0.114. The molecule has 1 heterocycles. The number of carbonyl (C=O) groups excluding carboxylic acids is 1. The van der Waals surface area contributed by atoms with E-state index in [9.17, 15) is 4.79 Å². The van der Waals surface area contributed by atoms with Gasteiger partial charge in [0.05, 0.1) is 18.2 Å². The number of carbonyl (C=O) groups is 1. The fraction of sp³-hybridized carbons (Fsp3) is 0.350. The van der Waals surface area contributed by atoms with Crippen LogP contribution >= 0.6 is 11.6 Å². The van der Waals surface area contributed by atoms with Crippen LogP contribution in [-0.4, -0.2) is 19.1 Å². The summed E-state index contributed by atoms with van der Waals surface area (Å²) in [6, 6.07) is 11.8. The van der Waals surface area contributed by atoms with Crippen molar-refractivity contribution < 1.29 is 14.3 Å². The van der Waals surface area contributed by atoms with Crippen LogP contribution in [-0.2, 0) is 11.3 Å². The normalized spacial score (nSPS) is 14.4. The Morgan fingerprint density at radius 3 is 2.85 bits per heavy atom. The molecular weight excluding hydrogens is 352 g/mol. The number of nitrogens with one attached hydrogen (secondary N) is 2. The SMILES string of the molecule is CC(=O)Nc1cccc([C@H](C)NCc2cc(Cl)c3c(c2)OCCCO3)c1. The lowest BCUT2D eigenvalue weighted by atomic mass is 10.1. The third-order valence-corrected chi connectivity index (χ3v) is 4.46. The van der Waals surface area contributed by atoms with E-state index < -0.39 is 0 Å². The molecule has 3 rings (SSSR count). The number of anilines is 1. The van der Waals surface area contributed by atoms with Gasteiger partial charge in [-0.05, 0) is 42.3 Å². The number of ether oxygens (including phenoxy) is 2. The molecule has 138 valence electrons. The van der Waals surface area contributed by atoms with E-state index in [2.05, 4.69) is 17.6 Å². The molecule has 0 aliphatic carbocycles. The second kappa shape index (κ2) is 8.43. The molecule has 0 saturated carbocycles. The largest absolute Gasteiger partial charge is 0.489 e. The number of benzene rings is 2. The van der Waals surface area contributed by atoms with E-state index in [0.29, 0.717) is 36.3 Å². The fourth-order valence-corrected chi connectivity index (χ4v) is 3.15. The Bertz CT molecular complexity index is 795. The highest BCUT2D eigenvalue weighted by Gasteiger charge is 2.16. The topological polar surface area (TPSA) is 59.6 Å². The smallest absolute Gasteiger partial charge is 0.221 e. The number of amides is 1. The maximum atomic E-state index is 11.2. The first-order valence-corrected chi connectivity index (χ1v) is 9.09. The monoisotopic (exact) mass is 374 g/mol. The molecule has 1 atom stereocenters. The maximum absolute atomic E-state index is 11.2. The van der Waals surface area contributed by atoms with Crippen LogP contribution in [0.2, 0.25) is 5.02 Å². The molecule has 1 aliphatic heterocycles. The van der Waals surface area contributed by atoms with Gasteiger partial charge in [0.25, 0.3) is 0 Å². The summed E-state index contributed by atoms with van der Waals surface area (Å²) in [6.45, 7) is 5.47. The second-order valence-electron chi connectivity index (χ2n) is 6.36. The summed E-state index contributed by atoms with van der Waals surface area (Å²) >= 11 is 6.35. The molecule has 0 radical (unpaired) electrons. The average Bonchev–Trinajstić information content (AvgIpc) is 2.85. The second-order valence-corrected chi connectivity index (χ2v) is 6.77. The minimum absolute atomic E-state index is 0.0791. The highest BCUT2D eigenvalue weighted by Crippen LogP contribution is 2.38. The Kier molecular flexibility index (Phi) is 6.01. The Morgan fingerprint density at radius 2 is 2.04 bits per heavy atom. The summed E-state index contributed by atoms with van der Waals surface area (Å²) < 4.78 is 11.4. The predicted molar refractivity (Wildman–Crippen MR) is 103 cm³/mol. The van der Waals surface area contributed by atoms with Crippen molar-refractivity contribution in [2.45, 2.75) is 32.9 Å². The average molecular weight is 375 g/mol. The molecule has 26 heavy (non-hydrogen) atoms. The van der Waals surface area contributed by atoms with Gasteiger partial charge in [0.15, 0.2) is 11.5 Å². The van der Waals surface area contributed by atoms with E-state index in [1.807, 2.05) is 36.4 Å². The summed E-state index contributed by atoms with van der Waals surface area (Å²) in [5, 5.41) is 6.86. The lowest BCUT2D eigenvalue weighted by Crippen LogP contribution is -2.18.